The Kier molecular flexibility index (Phi) is 5.16. The number of aryl methyl sites for hydroxylation is 3. The Hall–Kier alpha value is -2.56. The number of fused-ring (bicyclic) bond motifs is 1. The third-order valence-electron chi connectivity index (χ3n) is 5.17. The van der Waals surface area contributed by atoms with Crippen LogP contribution < -0.4 is 4.74 Å². The van der Waals surface area contributed by atoms with Crippen molar-refractivity contribution in [3.63, 3.8) is 0 Å². The second-order valence-electron chi connectivity index (χ2n) is 7.05. The molecule has 138 valence electrons. The Labute approximate surface area is 154 Å². The number of phenols is 1. The van der Waals surface area contributed by atoms with Gasteiger partial charge in [-0.3, -0.25) is 9.78 Å². The standard InChI is InChI=1S/C21H26N2O3/c1-13-11-22-18(14(2)20(13)26-4)12-23(3)21(25)17-9-15-7-5-6-8-16(15)10-19(17)24/h9-11,24H,5-8,12H2,1-4H3. The van der Waals surface area contributed by atoms with Crippen LogP contribution in [0.3, 0.4) is 0 Å². The number of carbonyl (C=O) groups is 1. The number of phenolic OH excluding ortho intramolecular Hbond substituents is 1. The Morgan fingerprint density at radius 1 is 1.23 bits per heavy atom. The lowest BCUT2D eigenvalue weighted by Crippen LogP contribution is -2.27. The summed E-state index contributed by atoms with van der Waals surface area (Å²) in [5.74, 6) is 0.665. The summed E-state index contributed by atoms with van der Waals surface area (Å²) in [4.78, 5) is 18.9. The summed E-state index contributed by atoms with van der Waals surface area (Å²) in [7, 11) is 3.37. The van der Waals surface area contributed by atoms with Crippen LogP contribution in [0.4, 0.5) is 0 Å². The molecule has 1 N–H and O–H groups in total. The van der Waals surface area contributed by atoms with Gasteiger partial charge in [0, 0.05) is 24.4 Å². The summed E-state index contributed by atoms with van der Waals surface area (Å²) >= 11 is 0. The number of benzene rings is 1. The SMILES string of the molecule is COc1c(C)cnc(CN(C)C(=O)c2cc3c(cc2O)CCCC3)c1C. The lowest BCUT2D eigenvalue weighted by Gasteiger charge is -2.22. The lowest BCUT2D eigenvalue weighted by molar-refractivity contribution is 0.0780. The summed E-state index contributed by atoms with van der Waals surface area (Å²) in [6.45, 7) is 4.25. The van der Waals surface area contributed by atoms with Crippen LogP contribution in [0.15, 0.2) is 18.3 Å². The number of carbonyl (C=O) groups excluding carboxylic acids is 1. The van der Waals surface area contributed by atoms with Gasteiger partial charge in [-0.15, -0.1) is 0 Å². The molecule has 0 spiro atoms. The van der Waals surface area contributed by atoms with E-state index in [2.05, 4.69) is 4.98 Å². The van der Waals surface area contributed by atoms with Crippen molar-refractivity contribution in [2.24, 2.45) is 0 Å². The second-order valence-corrected chi connectivity index (χ2v) is 7.05. The van der Waals surface area contributed by atoms with Crippen molar-refractivity contribution in [3.05, 3.63) is 51.8 Å². The zero-order valence-corrected chi connectivity index (χ0v) is 15.9. The van der Waals surface area contributed by atoms with Gasteiger partial charge in [-0.1, -0.05) is 0 Å². The number of aromatic nitrogens is 1. The minimum absolute atomic E-state index is 0.0636. The van der Waals surface area contributed by atoms with Gasteiger partial charge in [-0.2, -0.15) is 0 Å². The van der Waals surface area contributed by atoms with Gasteiger partial charge in [0.05, 0.1) is 24.9 Å². The number of rotatable bonds is 4. The van der Waals surface area contributed by atoms with Crippen molar-refractivity contribution in [1.29, 1.82) is 0 Å². The maximum atomic E-state index is 12.9. The van der Waals surface area contributed by atoms with Crippen LogP contribution in [0.1, 0.15) is 51.1 Å². The van der Waals surface area contributed by atoms with Crippen molar-refractivity contribution < 1.29 is 14.6 Å². The van der Waals surface area contributed by atoms with E-state index in [0.29, 0.717) is 12.1 Å². The van der Waals surface area contributed by atoms with Gasteiger partial charge >= 0.3 is 0 Å². The van der Waals surface area contributed by atoms with E-state index in [0.717, 1.165) is 53.8 Å². The van der Waals surface area contributed by atoms with Crippen molar-refractivity contribution in [2.75, 3.05) is 14.2 Å². The van der Waals surface area contributed by atoms with Gasteiger partial charge in [-0.05, 0) is 62.8 Å². The fourth-order valence-corrected chi connectivity index (χ4v) is 3.68. The molecule has 0 bridgehead atoms. The smallest absolute Gasteiger partial charge is 0.257 e. The van der Waals surface area contributed by atoms with Crippen molar-refractivity contribution >= 4 is 5.91 Å². The molecule has 1 amide bonds. The van der Waals surface area contributed by atoms with E-state index in [9.17, 15) is 9.90 Å². The number of aromatic hydroxyl groups is 1. The molecular weight excluding hydrogens is 328 g/mol. The number of ether oxygens (including phenoxy) is 1. The number of hydrogen-bond donors (Lipinski definition) is 1. The summed E-state index contributed by atoms with van der Waals surface area (Å²) in [5.41, 5.74) is 5.40. The topological polar surface area (TPSA) is 62.7 Å². The molecular formula is C21H26N2O3. The molecule has 0 atom stereocenters. The van der Waals surface area contributed by atoms with Gasteiger partial charge in [0.2, 0.25) is 0 Å². The third kappa shape index (κ3) is 3.39. The Bertz CT molecular complexity index is 846. The van der Waals surface area contributed by atoms with Crippen molar-refractivity contribution in [1.82, 2.24) is 9.88 Å². The number of methoxy groups -OCH3 is 1. The lowest BCUT2D eigenvalue weighted by atomic mass is 9.89. The number of hydrogen-bond acceptors (Lipinski definition) is 4. The first kappa shape index (κ1) is 18.2. The van der Waals surface area contributed by atoms with E-state index < -0.39 is 0 Å². The van der Waals surface area contributed by atoms with E-state index in [1.165, 1.54) is 5.56 Å². The predicted molar refractivity (Wildman–Crippen MR) is 101 cm³/mol. The molecule has 26 heavy (non-hydrogen) atoms. The Balaban J connectivity index is 1.85. The number of nitrogens with zero attached hydrogens (tertiary/aromatic N) is 2. The summed E-state index contributed by atoms with van der Waals surface area (Å²) in [5, 5.41) is 10.3. The Morgan fingerprint density at radius 3 is 2.54 bits per heavy atom. The van der Waals surface area contributed by atoms with Crippen molar-refractivity contribution in [3.8, 4) is 11.5 Å². The highest BCUT2D eigenvalue weighted by molar-refractivity contribution is 5.97. The van der Waals surface area contributed by atoms with Gasteiger partial charge < -0.3 is 14.7 Å². The highest BCUT2D eigenvalue weighted by Gasteiger charge is 2.21. The predicted octanol–water partition coefficient (Wildman–Crippen LogP) is 3.56. The number of amides is 1. The fourth-order valence-electron chi connectivity index (χ4n) is 3.68. The minimum Gasteiger partial charge on any atom is -0.507 e. The summed E-state index contributed by atoms with van der Waals surface area (Å²) < 4.78 is 5.44. The van der Waals surface area contributed by atoms with Crippen LogP contribution in [0.25, 0.3) is 0 Å². The van der Waals surface area contributed by atoms with Crippen LogP contribution in [0.2, 0.25) is 0 Å². The van der Waals surface area contributed by atoms with E-state index in [-0.39, 0.29) is 11.7 Å². The largest absolute Gasteiger partial charge is 0.507 e. The van der Waals surface area contributed by atoms with Gasteiger partial charge in [0.15, 0.2) is 0 Å². The van der Waals surface area contributed by atoms with Gasteiger partial charge in [0.25, 0.3) is 5.91 Å². The molecule has 5 nitrogen and oxygen atoms in total. The fraction of sp³-hybridized carbons (Fsp3) is 0.429. The molecule has 2 aromatic rings. The molecule has 1 aromatic carbocycles. The molecule has 0 saturated heterocycles. The summed E-state index contributed by atoms with van der Waals surface area (Å²) in [6, 6.07) is 3.62. The maximum Gasteiger partial charge on any atom is 0.257 e. The van der Waals surface area contributed by atoms with Crippen LogP contribution in [0.5, 0.6) is 11.5 Å². The zero-order valence-electron chi connectivity index (χ0n) is 15.9. The molecule has 0 aliphatic heterocycles. The molecule has 3 rings (SSSR count). The molecule has 1 aromatic heterocycles. The molecule has 0 fully saturated rings. The molecule has 5 heteroatoms. The minimum atomic E-state index is -0.198. The van der Waals surface area contributed by atoms with Gasteiger partial charge in [0.1, 0.15) is 11.5 Å². The van der Waals surface area contributed by atoms with Crippen LogP contribution in [-0.2, 0) is 19.4 Å². The van der Waals surface area contributed by atoms with E-state index in [1.807, 2.05) is 19.9 Å². The highest BCUT2D eigenvalue weighted by atomic mass is 16.5. The average molecular weight is 354 g/mol. The second kappa shape index (κ2) is 7.36. The molecule has 0 unspecified atom stereocenters. The number of pyridine rings is 1. The van der Waals surface area contributed by atoms with Crippen LogP contribution >= 0.6 is 0 Å². The zero-order chi connectivity index (χ0) is 18.8. The molecule has 0 radical (unpaired) electrons. The van der Waals surface area contributed by atoms with Crippen LogP contribution in [0, 0.1) is 13.8 Å². The molecule has 0 saturated carbocycles. The summed E-state index contributed by atoms with van der Waals surface area (Å²) in [6.07, 6.45) is 5.97. The average Bonchev–Trinajstić information content (AvgIpc) is 2.63. The highest BCUT2D eigenvalue weighted by Crippen LogP contribution is 2.30. The maximum absolute atomic E-state index is 12.9. The van der Waals surface area contributed by atoms with Crippen molar-refractivity contribution in [2.45, 2.75) is 46.1 Å². The van der Waals surface area contributed by atoms with Crippen LogP contribution in [-0.4, -0.2) is 35.1 Å². The first-order valence-corrected chi connectivity index (χ1v) is 9.01. The van der Waals surface area contributed by atoms with E-state index in [4.69, 9.17) is 4.74 Å². The quantitative estimate of drug-likeness (QED) is 0.912. The first-order valence-electron chi connectivity index (χ1n) is 9.01. The normalized spacial score (nSPS) is 13.2. The Morgan fingerprint density at radius 2 is 1.88 bits per heavy atom. The third-order valence-corrected chi connectivity index (χ3v) is 5.17. The van der Waals surface area contributed by atoms with E-state index >= 15 is 0 Å². The molecule has 1 aliphatic rings. The monoisotopic (exact) mass is 354 g/mol. The molecule has 1 aliphatic carbocycles. The van der Waals surface area contributed by atoms with Gasteiger partial charge in [-0.25, -0.2) is 0 Å². The molecule has 1 heterocycles. The first-order chi connectivity index (χ1) is 12.4. The van der Waals surface area contributed by atoms with E-state index in [1.54, 1.807) is 31.3 Å².